The number of allylic oxidation sites excluding steroid dienone is 2. The molecule has 1 aliphatic carbocycles. The van der Waals surface area contributed by atoms with Crippen LogP contribution in [0.3, 0.4) is 0 Å². The number of carbonyl (C=O) groups excluding carboxylic acids is 1. The van der Waals surface area contributed by atoms with Crippen molar-refractivity contribution in [1.29, 1.82) is 5.26 Å². The van der Waals surface area contributed by atoms with Gasteiger partial charge in [0.15, 0.2) is 11.6 Å². The molecule has 224 valence electrons. The summed E-state index contributed by atoms with van der Waals surface area (Å²) in [5, 5.41) is 32.0. The number of carbonyl (C=O) groups is 2. The van der Waals surface area contributed by atoms with Gasteiger partial charge in [-0.05, 0) is 67.3 Å². The number of amides is 1. The number of nitrogens with one attached hydrogen (secondary N) is 2. The van der Waals surface area contributed by atoms with Crippen LogP contribution in [0, 0.1) is 16.7 Å². The van der Waals surface area contributed by atoms with Crippen molar-refractivity contribution in [2.75, 3.05) is 26.0 Å². The monoisotopic (exact) mass is 587 g/mol. The molecule has 1 aromatic carbocycles. The lowest BCUT2D eigenvalue weighted by Crippen LogP contribution is -2.21. The van der Waals surface area contributed by atoms with Crippen LogP contribution in [0.5, 0.6) is 0 Å². The average molecular weight is 588 g/mol. The van der Waals surface area contributed by atoms with E-state index in [-0.39, 0.29) is 22.8 Å². The van der Waals surface area contributed by atoms with Gasteiger partial charge in [0.25, 0.3) is 5.91 Å². The minimum Gasteiger partial charge on any atom is -0.475 e. The van der Waals surface area contributed by atoms with E-state index in [4.69, 9.17) is 15.2 Å². The number of alkyl halides is 3. The summed E-state index contributed by atoms with van der Waals surface area (Å²) >= 11 is 0. The van der Waals surface area contributed by atoms with Gasteiger partial charge in [-0.3, -0.25) is 4.79 Å². The Morgan fingerprint density at radius 2 is 2.00 bits per heavy atom. The lowest BCUT2D eigenvalue weighted by Gasteiger charge is -2.29. The van der Waals surface area contributed by atoms with Crippen LogP contribution in [0.2, 0.25) is 0 Å². The van der Waals surface area contributed by atoms with Crippen molar-refractivity contribution in [2.45, 2.75) is 52.3 Å². The van der Waals surface area contributed by atoms with E-state index in [9.17, 15) is 18.0 Å². The number of aliphatic carboxylic acids is 1. The number of carboxylic acid groups (broad SMARTS) is 1. The van der Waals surface area contributed by atoms with Crippen LogP contribution in [0.1, 0.15) is 66.4 Å². The number of tetrazole rings is 1. The van der Waals surface area contributed by atoms with Gasteiger partial charge in [0.2, 0.25) is 0 Å². The van der Waals surface area contributed by atoms with E-state index < -0.39 is 12.1 Å². The van der Waals surface area contributed by atoms with E-state index in [2.05, 4.69) is 61.6 Å². The van der Waals surface area contributed by atoms with Crippen molar-refractivity contribution in [3.63, 3.8) is 0 Å². The highest BCUT2D eigenvalue weighted by molar-refractivity contribution is 6.03. The molecule has 15 heteroatoms. The Hall–Kier alpha value is -4.58. The number of aromatic nitrogens is 6. The highest BCUT2D eigenvalue weighted by Gasteiger charge is 2.38. The third-order valence-corrected chi connectivity index (χ3v) is 6.41. The summed E-state index contributed by atoms with van der Waals surface area (Å²) in [6.07, 6.45) is 2.06. The van der Waals surface area contributed by atoms with E-state index in [1.807, 2.05) is 32.3 Å². The maximum absolute atomic E-state index is 12.8. The van der Waals surface area contributed by atoms with Gasteiger partial charge in [0.05, 0.1) is 12.7 Å². The summed E-state index contributed by atoms with van der Waals surface area (Å²) in [7, 11) is 4.02. The van der Waals surface area contributed by atoms with Crippen molar-refractivity contribution < 1.29 is 27.9 Å². The summed E-state index contributed by atoms with van der Waals surface area (Å²) in [6, 6.07) is 7.93. The highest BCUT2D eigenvalue weighted by atomic mass is 19.4. The van der Waals surface area contributed by atoms with E-state index in [1.165, 1.54) is 11.8 Å². The SMILES string of the molecule is CN(C)CCn1nnc(Cc2ccc(NC(=O)c3ncc(C#N)[nH]3)c(C3=CCC(C)(C)CC3)c2)n1.O=C(O)C(F)(F)F. The van der Waals surface area contributed by atoms with Crippen molar-refractivity contribution in [1.82, 2.24) is 35.1 Å². The van der Waals surface area contributed by atoms with Crippen LogP contribution < -0.4 is 5.32 Å². The summed E-state index contributed by atoms with van der Waals surface area (Å²) in [4.78, 5) is 32.1. The van der Waals surface area contributed by atoms with Crippen LogP contribution in [0.15, 0.2) is 30.5 Å². The Morgan fingerprint density at radius 1 is 1.29 bits per heavy atom. The molecule has 0 aliphatic heterocycles. The third kappa shape index (κ3) is 9.23. The minimum absolute atomic E-state index is 0.105. The number of anilines is 1. The number of benzene rings is 1. The number of hydrogen-bond donors (Lipinski definition) is 3. The van der Waals surface area contributed by atoms with Crippen LogP contribution in [-0.2, 0) is 17.8 Å². The molecule has 0 bridgehead atoms. The normalized spacial score (nSPS) is 14.4. The second-order valence-electron chi connectivity index (χ2n) is 10.8. The molecule has 4 rings (SSSR count). The Morgan fingerprint density at radius 3 is 2.57 bits per heavy atom. The fourth-order valence-electron chi connectivity index (χ4n) is 3.99. The standard InChI is InChI=1S/C25H31N9O.C2HF3O2/c1-25(2)9-7-18(8-10-25)20-13-17(14-22-30-32-34(31-22)12-11-33(3)4)5-6-21(20)29-24(35)23-27-16-19(15-26)28-23;3-2(4,5)1(6)7/h5-7,13,16H,8-12,14H2,1-4H3,(H,27,28)(H,29,35);(H,6,7). The number of hydrogen-bond acceptors (Lipinski definition) is 8. The molecule has 0 fully saturated rings. The van der Waals surface area contributed by atoms with Crippen LogP contribution >= 0.6 is 0 Å². The molecule has 2 aromatic heterocycles. The van der Waals surface area contributed by atoms with Crippen molar-refractivity contribution >= 4 is 23.1 Å². The van der Waals surface area contributed by atoms with Gasteiger partial charge in [-0.15, -0.1) is 10.2 Å². The van der Waals surface area contributed by atoms with E-state index >= 15 is 0 Å². The number of halogens is 3. The molecule has 1 aliphatic rings. The number of nitrogens with zero attached hydrogens (tertiary/aromatic N) is 7. The van der Waals surface area contributed by atoms with Crippen molar-refractivity contribution in [3.05, 3.63) is 58.9 Å². The molecule has 1 amide bonds. The molecule has 0 saturated heterocycles. The fraction of sp³-hybridized carbons (Fsp3) is 0.444. The molecular weight excluding hydrogens is 555 g/mol. The molecule has 0 radical (unpaired) electrons. The Labute approximate surface area is 240 Å². The molecule has 42 heavy (non-hydrogen) atoms. The van der Waals surface area contributed by atoms with Gasteiger partial charge in [0, 0.05) is 24.2 Å². The summed E-state index contributed by atoms with van der Waals surface area (Å²) < 4.78 is 31.7. The highest BCUT2D eigenvalue weighted by Crippen LogP contribution is 2.40. The van der Waals surface area contributed by atoms with Crippen LogP contribution in [0.4, 0.5) is 18.9 Å². The van der Waals surface area contributed by atoms with Gasteiger partial charge in [0.1, 0.15) is 11.8 Å². The molecule has 3 aromatic rings. The maximum Gasteiger partial charge on any atom is 0.490 e. The molecule has 12 nitrogen and oxygen atoms in total. The molecule has 0 spiro atoms. The average Bonchev–Trinajstić information content (AvgIpc) is 3.58. The van der Waals surface area contributed by atoms with Gasteiger partial charge in [-0.2, -0.15) is 23.2 Å². The molecule has 2 heterocycles. The summed E-state index contributed by atoms with van der Waals surface area (Å²) in [5.41, 5.74) is 4.46. The zero-order valence-corrected chi connectivity index (χ0v) is 23.7. The molecule has 0 saturated carbocycles. The zero-order chi connectivity index (χ0) is 31.1. The van der Waals surface area contributed by atoms with E-state index in [0.717, 1.165) is 36.9 Å². The minimum atomic E-state index is -5.08. The Bertz CT molecular complexity index is 1480. The number of likely N-dealkylation sites (N-methyl/N-ethyl adjacent to an activating group) is 1. The number of H-pyrrole nitrogens is 1. The summed E-state index contributed by atoms with van der Waals surface area (Å²) in [5.74, 6) is -2.38. The van der Waals surface area contributed by atoms with Gasteiger partial charge in [-0.25, -0.2) is 9.78 Å². The number of aromatic amines is 1. The first-order chi connectivity index (χ1) is 19.7. The Kier molecular flexibility index (Phi) is 10.2. The first-order valence-corrected chi connectivity index (χ1v) is 13.0. The molecular formula is C27H32F3N9O3. The molecule has 0 unspecified atom stereocenters. The smallest absolute Gasteiger partial charge is 0.475 e. The van der Waals surface area contributed by atoms with Crippen molar-refractivity contribution in [3.8, 4) is 6.07 Å². The number of rotatable bonds is 8. The predicted octanol–water partition coefficient (Wildman–Crippen LogP) is 3.90. The van der Waals surface area contributed by atoms with E-state index in [1.54, 1.807) is 4.80 Å². The van der Waals surface area contributed by atoms with E-state index in [0.29, 0.717) is 24.5 Å². The van der Waals surface area contributed by atoms with Gasteiger partial charge < -0.3 is 20.3 Å². The van der Waals surface area contributed by atoms with Crippen LogP contribution in [0.25, 0.3) is 5.57 Å². The quantitative estimate of drug-likeness (QED) is 0.354. The number of imidazole rings is 1. The number of nitriles is 1. The summed E-state index contributed by atoms with van der Waals surface area (Å²) in [6.45, 7) is 6.06. The van der Waals surface area contributed by atoms with Gasteiger partial charge >= 0.3 is 12.1 Å². The Balaban J connectivity index is 0.000000616. The lowest BCUT2D eigenvalue weighted by atomic mass is 9.76. The largest absolute Gasteiger partial charge is 0.490 e. The zero-order valence-electron chi connectivity index (χ0n) is 23.7. The van der Waals surface area contributed by atoms with Crippen LogP contribution in [-0.4, -0.2) is 78.9 Å². The maximum atomic E-state index is 12.8. The molecule has 3 N–H and O–H groups in total. The molecule has 0 atom stereocenters. The second kappa shape index (κ2) is 13.4. The topological polar surface area (TPSA) is 166 Å². The number of carboxylic acids is 1. The lowest BCUT2D eigenvalue weighted by molar-refractivity contribution is -0.192. The predicted molar refractivity (Wildman–Crippen MR) is 146 cm³/mol. The fourth-order valence-corrected chi connectivity index (χ4v) is 3.99. The van der Waals surface area contributed by atoms with Gasteiger partial charge in [-0.1, -0.05) is 26.0 Å². The second-order valence-corrected chi connectivity index (χ2v) is 10.8. The first-order valence-electron chi connectivity index (χ1n) is 13.0. The third-order valence-electron chi connectivity index (χ3n) is 6.41. The first kappa shape index (κ1) is 31.9. The van der Waals surface area contributed by atoms with Crippen molar-refractivity contribution in [2.24, 2.45) is 5.41 Å².